The summed E-state index contributed by atoms with van der Waals surface area (Å²) >= 11 is 0. The van der Waals surface area contributed by atoms with E-state index in [-0.39, 0.29) is 5.82 Å². The van der Waals surface area contributed by atoms with Crippen LogP contribution in [-0.4, -0.2) is 45.7 Å². The van der Waals surface area contributed by atoms with Crippen LogP contribution in [0.5, 0.6) is 0 Å². The molecule has 1 unspecified atom stereocenters. The summed E-state index contributed by atoms with van der Waals surface area (Å²) in [5, 5.41) is 13.9. The molecule has 0 saturated carbocycles. The second-order valence-electron chi connectivity index (χ2n) is 8.06. The predicted molar refractivity (Wildman–Crippen MR) is 116 cm³/mol. The van der Waals surface area contributed by atoms with E-state index in [1.807, 2.05) is 36.4 Å². The van der Waals surface area contributed by atoms with E-state index < -0.39 is 6.10 Å². The number of halogens is 1. The first kappa shape index (κ1) is 20.7. The molecule has 0 amide bonds. The Labute approximate surface area is 177 Å². The molecule has 2 heterocycles. The van der Waals surface area contributed by atoms with E-state index in [0.717, 1.165) is 43.6 Å². The molecule has 3 aromatic rings. The Morgan fingerprint density at radius 1 is 1.13 bits per heavy atom. The highest BCUT2D eigenvalue weighted by Crippen LogP contribution is 2.21. The summed E-state index contributed by atoms with van der Waals surface area (Å²) in [7, 11) is 0. The Balaban J connectivity index is 1.19. The number of rotatable bonds is 8. The summed E-state index contributed by atoms with van der Waals surface area (Å²) in [4.78, 5) is 6.31. The molecule has 6 heteroatoms. The summed E-state index contributed by atoms with van der Waals surface area (Å²) in [6.07, 6.45) is 6.78. The Morgan fingerprint density at radius 3 is 2.63 bits per heavy atom. The Kier molecular flexibility index (Phi) is 6.89. The summed E-state index contributed by atoms with van der Waals surface area (Å²) < 4.78 is 16.0. The Morgan fingerprint density at radius 2 is 1.93 bits per heavy atom. The zero-order valence-electron chi connectivity index (χ0n) is 17.1. The molecule has 0 spiro atoms. The van der Waals surface area contributed by atoms with Gasteiger partial charge < -0.3 is 19.9 Å². The van der Waals surface area contributed by atoms with Crippen LogP contribution in [0.3, 0.4) is 0 Å². The van der Waals surface area contributed by atoms with Crippen molar-refractivity contribution in [2.24, 2.45) is 5.92 Å². The topological polar surface area (TPSA) is 53.3 Å². The van der Waals surface area contributed by atoms with Crippen LogP contribution in [0.15, 0.2) is 67.3 Å². The average molecular weight is 409 g/mol. The van der Waals surface area contributed by atoms with Gasteiger partial charge in [0.05, 0.1) is 18.1 Å². The summed E-state index contributed by atoms with van der Waals surface area (Å²) in [6.45, 7) is 4.29. The number of aromatic nitrogens is 2. The minimum Gasteiger partial charge on any atom is -0.387 e. The smallest absolute Gasteiger partial charge is 0.147 e. The van der Waals surface area contributed by atoms with Crippen LogP contribution in [0.4, 0.5) is 4.39 Å². The molecule has 4 rings (SSSR count). The molecular weight excluding hydrogens is 379 g/mol. The summed E-state index contributed by atoms with van der Waals surface area (Å²) in [5.74, 6) is 0.378. The fraction of sp³-hybridized carbons (Fsp3) is 0.375. The molecule has 2 N–H and O–H groups in total. The highest BCUT2D eigenvalue weighted by molar-refractivity contribution is 5.36. The number of hydrogen-bond acceptors (Lipinski definition) is 4. The number of nitrogens with zero attached hydrogens (tertiary/aromatic N) is 3. The lowest BCUT2D eigenvalue weighted by molar-refractivity contribution is 0.0891. The quantitative estimate of drug-likeness (QED) is 0.599. The number of hydrogen-bond donors (Lipinski definition) is 2. The lowest BCUT2D eigenvalue weighted by atomic mass is 9.96. The maximum atomic E-state index is 14.4. The van der Waals surface area contributed by atoms with Crippen molar-refractivity contribution in [2.75, 3.05) is 26.2 Å². The van der Waals surface area contributed by atoms with Crippen LogP contribution >= 0.6 is 0 Å². The molecule has 1 aliphatic heterocycles. The van der Waals surface area contributed by atoms with Gasteiger partial charge in [-0.1, -0.05) is 36.4 Å². The van der Waals surface area contributed by atoms with Gasteiger partial charge in [-0.3, -0.25) is 0 Å². The third-order valence-electron chi connectivity index (χ3n) is 5.88. The minimum atomic E-state index is -0.430. The van der Waals surface area contributed by atoms with Gasteiger partial charge >= 0.3 is 0 Å². The molecule has 1 aromatic heterocycles. The molecule has 30 heavy (non-hydrogen) atoms. The molecule has 5 nitrogen and oxygen atoms in total. The van der Waals surface area contributed by atoms with Crippen molar-refractivity contribution in [3.05, 3.63) is 84.2 Å². The van der Waals surface area contributed by atoms with Gasteiger partial charge in [-0.25, -0.2) is 9.37 Å². The predicted octanol–water partition coefficient (Wildman–Crippen LogP) is 3.55. The van der Waals surface area contributed by atoms with Crippen molar-refractivity contribution in [3.63, 3.8) is 0 Å². The number of benzene rings is 2. The second-order valence-corrected chi connectivity index (χ2v) is 8.06. The first-order valence-electron chi connectivity index (χ1n) is 10.6. The highest BCUT2D eigenvalue weighted by Gasteiger charge is 2.21. The number of imidazole rings is 1. The SMILES string of the molecule is OC(CN1CCC(CNCc2ccc(-n3ccnc3)c(F)c2)CC1)c1ccccc1. The summed E-state index contributed by atoms with van der Waals surface area (Å²) in [5.41, 5.74) is 2.44. The lowest BCUT2D eigenvalue weighted by Gasteiger charge is -2.33. The van der Waals surface area contributed by atoms with E-state index in [2.05, 4.69) is 15.2 Å². The van der Waals surface area contributed by atoms with Crippen LogP contribution < -0.4 is 5.32 Å². The number of β-amino-alcohol motifs (C(OH)–C–C–N with tert-alkyl or cyclic N) is 1. The largest absolute Gasteiger partial charge is 0.387 e. The fourth-order valence-corrected chi connectivity index (χ4v) is 4.09. The lowest BCUT2D eigenvalue weighted by Crippen LogP contribution is -2.39. The normalized spacial score (nSPS) is 16.6. The number of piperidine rings is 1. The van der Waals surface area contributed by atoms with Crippen LogP contribution in [0.25, 0.3) is 5.69 Å². The van der Waals surface area contributed by atoms with Crippen molar-refractivity contribution in [1.29, 1.82) is 0 Å². The van der Waals surface area contributed by atoms with Gasteiger partial charge in [-0.2, -0.15) is 0 Å². The molecule has 158 valence electrons. The van der Waals surface area contributed by atoms with Gasteiger partial charge in [0.1, 0.15) is 5.82 Å². The van der Waals surface area contributed by atoms with Crippen molar-refractivity contribution >= 4 is 0 Å². The number of aliphatic hydroxyl groups excluding tert-OH is 1. The van der Waals surface area contributed by atoms with Crippen LogP contribution in [0.2, 0.25) is 0 Å². The summed E-state index contributed by atoms with van der Waals surface area (Å²) in [6, 6.07) is 15.2. The molecule has 1 fully saturated rings. The Bertz CT molecular complexity index is 908. The van der Waals surface area contributed by atoms with E-state index in [4.69, 9.17) is 0 Å². The first-order valence-corrected chi connectivity index (χ1v) is 10.6. The third kappa shape index (κ3) is 5.33. The van der Waals surface area contributed by atoms with Gasteiger partial charge in [-0.05, 0) is 61.7 Å². The highest BCUT2D eigenvalue weighted by atomic mass is 19.1. The van der Waals surface area contributed by atoms with Gasteiger partial charge in [-0.15, -0.1) is 0 Å². The van der Waals surface area contributed by atoms with E-state index >= 15 is 0 Å². The van der Waals surface area contributed by atoms with E-state index in [9.17, 15) is 9.50 Å². The second kappa shape index (κ2) is 9.98. The molecule has 0 aliphatic carbocycles. The van der Waals surface area contributed by atoms with Crippen molar-refractivity contribution in [3.8, 4) is 5.69 Å². The Hall–Kier alpha value is -2.54. The van der Waals surface area contributed by atoms with E-state index in [1.54, 1.807) is 35.4 Å². The van der Waals surface area contributed by atoms with Crippen LogP contribution in [0.1, 0.15) is 30.1 Å². The maximum Gasteiger partial charge on any atom is 0.147 e. The van der Waals surface area contributed by atoms with E-state index in [0.29, 0.717) is 24.7 Å². The number of likely N-dealkylation sites (tertiary alicyclic amines) is 1. The molecule has 0 radical (unpaired) electrons. The van der Waals surface area contributed by atoms with Gasteiger partial charge in [0, 0.05) is 25.5 Å². The number of aliphatic hydroxyl groups is 1. The number of nitrogens with one attached hydrogen (secondary N) is 1. The van der Waals surface area contributed by atoms with Crippen molar-refractivity contribution in [1.82, 2.24) is 19.8 Å². The fourth-order valence-electron chi connectivity index (χ4n) is 4.09. The third-order valence-corrected chi connectivity index (χ3v) is 5.88. The molecule has 2 aromatic carbocycles. The zero-order chi connectivity index (χ0) is 20.8. The van der Waals surface area contributed by atoms with E-state index in [1.165, 1.54) is 0 Å². The van der Waals surface area contributed by atoms with Gasteiger partial charge in [0.15, 0.2) is 0 Å². The van der Waals surface area contributed by atoms with Gasteiger partial charge in [0.2, 0.25) is 0 Å². The molecule has 1 saturated heterocycles. The van der Waals surface area contributed by atoms with Crippen molar-refractivity contribution < 1.29 is 9.50 Å². The monoisotopic (exact) mass is 408 g/mol. The molecular formula is C24H29FN4O. The average Bonchev–Trinajstić information content (AvgIpc) is 3.30. The maximum absolute atomic E-state index is 14.4. The molecule has 0 bridgehead atoms. The van der Waals surface area contributed by atoms with Crippen molar-refractivity contribution in [2.45, 2.75) is 25.5 Å². The molecule has 1 aliphatic rings. The standard InChI is InChI=1S/C24H29FN4O/c25-22-14-20(6-7-23(22)29-13-10-26-18-29)16-27-15-19-8-11-28(12-9-19)17-24(30)21-4-2-1-3-5-21/h1-7,10,13-14,18-19,24,27,30H,8-9,11-12,15-17H2. The molecule has 1 atom stereocenters. The zero-order valence-corrected chi connectivity index (χ0v) is 17.1. The van der Waals surface area contributed by atoms with Crippen LogP contribution in [-0.2, 0) is 6.54 Å². The first-order chi connectivity index (χ1) is 14.7. The minimum absolute atomic E-state index is 0.238. The van der Waals surface area contributed by atoms with Gasteiger partial charge in [0.25, 0.3) is 0 Å². The van der Waals surface area contributed by atoms with Crippen LogP contribution in [0, 0.1) is 11.7 Å².